The number of nitrogens with zero attached hydrogens (tertiary/aromatic N) is 1. The zero-order valence-corrected chi connectivity index (χ0v) is 4.07. The van der Waals surface area contributed by atoms with Crippen LogP contribution in [0.5, 0.6) is 0 Å². The number of guanidine groups is 1. The molecule has 1 aliphatic rings. The molecular formula is C4H8N3. The first-order chi connectivity index (χ1) is 3.39. The summed E-state index contributed by atoms with van der Waals surface area (Å²) in [5, 5.41) is 2.80. The highest BCUT2D eigenvalue weighted by molar-refractivity contribution is 5.77. The van der Waals surface area contributed by atoms with Crippen molar-refractivity contribution in [2.24, 2.45) is 4.99 Å². The molecule has 0 atom stereocenters. The van der Waals surface area contributed by atoms with Gasteiger partial charge in [0, 0.05) is 13.1 Å². The lowest BCUT2D eigenvalue weighted by molar-refractivity contribution is 0.733. The van der Waals surface area contributed by atoms with Crippen molar-refractivity contribution in [3.05, 3.63) is 0 Å². The van der Waals surface area contributed by atoms with Gasteiger partial charge in [-0.25, -0.2) is 0 Å². The van der Waals surface area contributed by atoms with E-state index in [2.05, 4.69) is 10.3 Å². The van der Waals surface area contributed by atoms with E-state index in [1.165, 1.54) is 0 Å². The maximum Gasteiger partial charge on any atom is 0.210 e. The summed E-state index contributed by atoms with van der Waals surface area (Å²) in [6.45, 7) is 1.74. The van der Waals surface area contributed by atoms with E-state index in [1.54, 1.807) is 0 Å². The van der Waals surface area contributed by atoms with Crippen LogP contribution in [0.25, 0.3) is 0 Å². The Bertz CT molecular complexity index is 86.9. The third-order valence-corrected chi connectivity index (χ3v) is 0.897. The van der Waals surface area contributed by atoms with E-state index in [-0.39, 0.29) is 0 Å². The lowest BCUT2D eigenvalue weighted by Crippen LogP contribution is -2.29. The SMILES string of the molecule is [NH]C1=NCCCN1. The van der Waals surface area contributed by atoms with E-state index in [1.807, 2.05) is 0 Å². The maximum absolute atomic E-state index is 6.91. The summed E-state index contributed by atoms with van der Waals surface area (Å²) < 4.78 is 0. The van der Waals surface area contributed by atoms with Crippen LogP contribution in [0.4, 0.5) is 0 Å². The lowest BCUT2D eigenvalue weighted by Gasteiger charge is -2.07. The Hall–Kier alpha value is -0.730. The Kier molecular flexibility index (Phi) is 1.15. The third kappa shape index (κ3) is 1.07. The van der Waals surface area contributed by atoms with Crippen LogP contribution in [0.3, 0.4) is 0 Å². The van der Waals surface area contributed by atoms with Crippen LogP contribution in [0.1, 0.15) is 6.42 Å². The minimum Gasteiger partial charge on any atom is -0.355 e. The van der Waals surface area contributed by atoms with E-state index in [9.17, 15) is 0 Å². The van der Waals surface area contributed by atoms with Gasteiger partial charge in [0.05, 0.1) is 0 Å². The Morgan fingerprint density at radius 1 is 1.71 bits per heavy atom. The van der Waals surface area contributed by atoms with Gasteiger partial charge in [-0.15, -0.1) is 0 Å². The Balaban J connectivity index is 2.40. The highest BCUT2D eigenvalue weighted by atomic mass is 15.1. The van der Waals surface area contributed by atoms with Gasteiger partial charge in [-0.2, -0.15) is 0 Å². The van der Waals surface area contributed by atoms with Crippen LogP contribution in [-0.2, 0) is 0 Å². The fourth-order valence-electron chi connectivity index (χ4n) is 0.533. The second-order valence-corrected chi connectivity index (χ2v) is 1.51. The normalized spacial score (nSPS) is 20.3. The maximum atomic E-state index is 6.91. The van der Waals surface area contributed by atoms with Crippen LogP contribution >= 0.6 is 0 Å². The van der Waals surface area contributed by atoms with Crippen molar-refractivity contribution >= 4 is 5.96 Å². The van der Waals surface area contributed by atoms with Gasteiger partial charge < -0.3 is 5.32 Å². The molecule has 0 spiro atoms. The largest absolute Gasteiger partial charge is 0.355 e. The average molecular weight is 98.1 g/mol. The molecular weight excluding hydrogens is 90.1 g/mol. The monoisotopic (exact) mass is 98.1 g/mol. The molecule has 1 aliphatic heterocycles. The molecule has 0 unspecified atom stereocenters. The van der Waals surface area contributed by atoms with Crippen molar-refractivity contribution in [3.63, 3.8) is 0 Å². The van der Waals surface area contributed by atoms with Gasteiger partial charge in [-0.3, -0.25) is 10.7 Å². The zero-order valence-electron chi connectivity index (χ0n) is 4.07. The molecule has 0 saturated carbocycles. The van der Waals surface area contributed by atoms with Crippen LogP contribution in [0.15, 0.2) is 4.99 Å². The minimum atomic E-state index is 0.339. The van der Waals surface area contributed by atoms with E-state index >= 15 is 0 Å². The molecule has 0 aromatic carbocycles. The minimum absolute atomic E-state index is 0.339. The molecule has 1 radical (unpaired) electrons. The van der Waals surface area contributed by atoms with E-state index in [0.717, 1.165) is 19.5 Å². The highest BCUT2D eigenvalue weighted by Crippen LogP contribution is 1.84. The summed E-state index contributed by atoms with van der Waals surface area (Å²) in [7, 11) is 0. The van der Waals surface area contributed by atoms with Crippen molar-refractivity contribution < 1.29 is 0 Å². The van der Waals surface area contributed by atoms with Crippen molar-refractivity contribution in [2.45, 2.75) is 6.42 Å². The first-order valence-electron chi connectivity index (χ1n) is 2.39. The van der Waals surface area contributed by atoms with Gasteiger partial charge in [0.25, 0.3) is 0 Å². The van der Waals surface area contributed by atoms with Crippen LogP contribution in [0, 0.1) is 0 Å². The molecule has 3 heteroatoms. The van der Waals surface area contributed by atoms with E-state index in [4.69, 9.17) is 5.73 Å². The molecule has 0 saturated heterocycles. The highest BCUT2D eigenvalue weighted by Gasteiger charge is 1.95. The summed E-state index contributed by atoms with van der Waals surface area (Å²) >= 11 is 0. The number of aliphatic imine (C=N–C) groups is 1. The molecule has 0 aromatic heterocycles. The number of hydrogen-bond acceptors (Lipinski definition) is 2. The standard InChI is InChI=1S/C4H8N3/c5-4-6-2-1-3-7-4/h5H,1-3H2,(H,6,7). The van der Waals surface area contributed by atoms with Crippen molar-refractivity contribution in [2.75, 3.05) is 13.1 Å². The summed E-state index contributed by atoms with van der Waals surface area (Å²) in [5.74, 6) is 0.339. The summed E-state index contributed by atoms with van der Waals surface area (Å²) in [5.41, 5.74) is 6.91. The molecule has 0 aliphatic carbocycles. The molecule has 0 bridgehead atoms. The Labute approximate surface area is 42.6 Å². The molecule has 3 nitrogen and oxygen atoms in total. The van der Waals surface area contributed by atoms with Crippen LogP contribution in [0.2, 0.25) is 0 Å². The Morgan fingerprint density at radius 3 is 2.86 bits per heavy atom. The lowest BCUT2D eigenvalue weighted by atomic mass is 10.4. The molecule has 7 heavy (non-hydrogen) atoms. The average Bonchev–Trinajstić information content (AvgIpc) is 1.69. The Morgan fingerprint density at radius 2 is 2.57 bits per heavy atom. The summed E-state index contributed by atoms with van der Waals surface area (Å²) in [6, 6.07) is 0. The molecule has 2 N–H and O–H groups in total. The summed E-state index contributed by atoms with van der Waals surface area (Å²) in [6.07, 6.45) is 1.07. The van der Waals surface area contributed by atoms with Crippen LogP contribution in [-0.4, -0.2) is 19.0 Å². The summed E-state index contributed by atoms with van der Waals surface area (Å²) in [4.78, 5) is 3.80. The van der Waals surface area contributed by atoms with Gasteiger partial charge in [0.1, 0.15) is 0 Å². The van der Waals surface area contributed by atoms with Crippen LogP contribution < -0.4 is 11.1 Å². The quantitative estimate of drug-likeness (QED) is 0.441. The second kappa shape index (κ2) is 1.82. The third-order valence-electron chi connectivity index (χ3n) is 0.897. The fourth-order valence-corrected chi connectivity index (χ4v) is 0.533. The molecule has 0 fully saturated rings. The molecule has 0 aromatic rings. The van der Waals surface area contributed by atoms with Crippen molar-refractivity contribution in [1.29, 1.82) is 0 Å². The smallest absolute Gasteiger partial charge is 0.210 e. The molecule has 1 heterocycles. The van der Waals surface area contributed by atoms with Gasteiger partial charge >= 0.3 is 0 Å². The van der Waals surface area contributed by atoms with E-state index < -0.39 is 0 Å². The van der Waals surface area contributed by atoms with Gasteiger partial charge in [0.2, 0.25) is 5.96 Å². The first kappa shape index (κ1) is 4.43. The number of hydrogen-bond donors (Lipinski definition) is 1. The van der Waals surface area contributed by atoms with E-state index in [0.29, 0.717) is 5.96 Å². The fraction of sp³-hybridized carbons (Fsp3) is 0.750. The predicted molar refractivity (Wildman–Crippen MR) is 28.0 cm³/mol. The van der Waals surface area contributed by atoms with Gasteiger partial charge in [0.15, 0.2) is 0 Å². The molecule has 0 amide bonds. The molecule has 1 rings (SSSR count). The van der Waals surface area contributed by atoms with Gasteiger partial charge in [-0.05, 0) is 6.42 Å². The topological polar surface area (TPSA) is 48.2 Å². The second-order valence-electron chi connectivity index (χ2n) is 1.51. The zero-order chi connectivity index (χ0) is 5.11. The van der Waals surface area contributed by atoms with Gasteiger partial charge in [-0.1, -0.05) is 0 Å². The molecule has 39 valence electrons. The number of nitrogens with one attached hydrogen (secondary N) is 2. The van der Waals surface area contributed by atoms with Crippen molar-refractivity contribution in [1.82, 2.24) is 11.1 Å². The predicted octanol–water partition coefficient (Wildman–Crippen LogP) is -0.381. The number of rotatable bonds is 0. The van der Waals surface area contributed by atoms with Crippen molar-refractivity contribution in [3.8, 4) is 0 Å². The first-order valence-corrected chi connectivity index (χ1v) is 2.39.